The van der Waals surface area contributed by atoms with Crippen LogP contribution in [0.3, 0.4) is 0 Å². The molecule has 2 aromatic rings. The second kappa shape index (κ2) is 6.11. The molecule has 1 aliphatic heterocycles. The lowest BCUT2D eigenvalue weighted by Crippen LogP contribution is -2.40. The molecule has 1 N–H and O–H groups in total. The lowest BCUT2D eigenvalue weighted by molar-refractivity contribution is -0.187. The molecule has 0 aliphatic carbocycles. The summed E-state index contributed by atoms with van der Waals surface area (Å²) in [5.41, 5.74) is -0.155. The lowest BCUT2D eigenvalue weighted by Gasteiger charge is -2.27. The maximum atomic E-state index is 13.1. The number of ether oxygens (including phenoxy) is 1. The monoisotopic (exact) mass is 372 g/mol. The first kappa shape index (κ1) is 17.3. The van der Waals surface area contributed by atoms with Crippen LogP contribution in [0.1, 0.15) is 17.0 Å². The third-order valence-electron chi connectivity index (χ3n) is 3.83. The van der Waals surface area contributed by atoms with Gasteiger partial charge in [-0.3, -0.25) is 0 Å². The lowest BCUT2D eigenvalue weighted by atomic mass is 10.00. The molecule has 1 aromatic heterocycles. The normalized spacial score (nSPS) is 16.8. The molecular weight excluding hydrogens is 361 g/mol. The second-order valence-electron chi connectivity index (χ2n) is 5.53. The van der Waals surface area contributed by atoms with Gasteiger partial charge in [0, 0.05) is 23.0 Å². The van der Waals surface area contributed by atoms with Gasteiger partial charge in [0.15, 0.2) is 0 Å². The zero-order chi connectivity index (χ0) is 18.4. The van der Waals surface area contributed by atoms with Gasteiger partial charge in [0.2, 0.25) is 6.10 Å². The van der Waals surface area contributed by atoms with Crippen LogP contribution < -0.4 is 4.74 Å². The summed E-state index contributed by atoms with van der Waals surface area (Å²) in [4.78, 5) is 15.2. The number of nitrogens with zero attached hydrogens (tertiary/aromatic N) is 2. The van der Waals surface area contributed by atoms with Crippen molar-refractivity contribution in [1.29, 1.82) is 0 Å². The van der Waals surface area contributed by atoms with Gasteiger partial charge in [-0.05, 0) is 30.7 Å². The molecule has 2 heterocycles. The second-order valence-corrected chi connectivity index (χ2v) is 5.94. The maximum absolute atomic E-state index is 13.1. The van der Waals surface area contributed by atoms with Crippen molar-refractivity contribution in [3.63, 3.8) is 0 Å². The van der Waals surface area contributed by atoms with Crippen LogP contribution in [0.5, 0.6) is 5.75 Å². The number of carbonyl (C=O) groups is 1. The Morgan fingerprint density at radius 3 is 2.72 bits per heavy atom. The Balaban J connectivity index is 2.03. The molecule has 0 bridgehead atoms. The van der Waals surface area contributed by atoms with Crippen LogP contribution in [0.15, 0.2) is 30.1 Å². The summed E-state index contributed by atoms with van der Waals surface area (Å²) in [5.74, 6) is -1.04. The van der Waals surface area contributed by atoms with Crippen LogP contribution in [0.2, 0.25) is 5.02 Å². The first-order valence-electron chi connectivity index (χ1n) is 7.15. The van der Waals surface area contributed by atoms with Gasteiger partial charge < -0.3 is 14.4 Å². The fraction of sp³-hybridized carbons (Fsp3) is 0.250. The molecule has 25 heavy (non-hydrogen) atoms. The van der Waals surface area contributed by atoms with E-state index < -0.39 is 23.8 Å². The number of halogens is 4. The summed E-state index contributed by atoms with van der Waals surface area (Å²) >= 11 is 6.20. The Bertz CT molecular complexity index is 874. The van der Waals surface area contributed by atoms with Crippen molar-refractivity contribution < 1.29 is 27.8 Å². The van der Waals surface area contributed by atoms with Gasteiger partial charge in [0.05, 0.1) is 12.1 Å². The fourth-order valence-electron chi connectivity index (χ4n) is 2.55. The standard InChI is InChI=1S/C16H12ClF3N2O3/c1-8-21-2-3-22(8)7-10-6-13-9(5-12(10)17)4-11(15(23)24)14(25-13)16(18,19)20/h2-6,14H,7H2,1H3,(H,23,24). The smallest absolute Gasteiger partial charge is 0.430 e. The SMILES string of the molecule is Cc1nccn1Cc1cc2c(cc1Cl)C=C(C(=O)O)C(C(F)(F)F)O2. The number of rotatable bonds is 3. The summed E-state index contributed by atoms with van der Waals surface area (Å²) in [5, 5.41) is 9.33. The highest BCUT2D eigenvalue weighted by atomic mass is 35.5. The van der Waals surface area contributed by atoms with Crippen LogP contribution in [0.4, 0.5) is 13.2 Å². The van der Waals surface area contributed by atoms with Crippen molar-refractivity contribution in [2.24, 2.45) is 0 Å². The first-order valence-corrected chi connectivity index (χ1v) is 7.53. The van der Waals surface area contributed by atoms with E-state index in [2.05, 4.69) is 4.98 Å². The van der Waals surface area contributed by atoms with Gasteiger partial charge in [0.25, 0.3) is 0 Å². The van der Waals surface area contributed by atoms with Crippen LogP contribution >= 0.6 is 11.6 Å². The number of imidazole rings is 1. The number of hydrogen-bond acceptors (Lipinski definition) is 3. The number of hydrogen-bond donors (Lipinski definition) is 1. The highest BCUT2D eigenvalue weighted by Crippen LogP contribution is 2.39. The molecule has 1 unspecified atom stereocenters. The van der Waals surface area contributed by atoms with Gasteiger partial charge >= 0.3 is 12.1 Å². The molecule has 5 nitrogen and oxygen atoms in total. The molecule has 132 valence electrons. The zero-order valence-electron chi connectivity index (χ0n) is 12.8. The third-order valence-corrected chi connectivity index (χ3v) is 4.18. The molecule has 0 fully saturated rings. The molecule has 1 aromatic carbocycles. The summed E-state index contributed by atoms with van der Waals surface area (Å²) < 4.78 is 46.1. The van der Waals surface area contributed by atoms with Crippen molar-refractivity contribution in [3.8, 4) is 5.75 Å². The molecule has 0 radical (unpaired) electrons. The highest BCUT2D eigenvalue weighted by Gasteiger charge is 2.48. The minimum Gasteiger partial charge on any atom is -0.478 e. The van der Waals surface area contributed by atoms with Crippen LogP contribution in [0.25, 0.3) is 6.08 Å². The third kappa shape index (κ3) is 3.34. The predicted octanol–water partition coefficient (Wildman–Crippen LogP) is 3.68. The first-order chi connectivity index (χ1) is 11.7. The summed E-state index contributed by atoms with van der Waals surface area (Å²) in [7, 11) is 0. The molecular formula is C16H12ClF3N2O3. The van der Waals surface area contributed by atoms with E-state index in [9.17, 15) is 18.0 Å². The molecule has 1 aliphatic rings. The number of carboxylic acid groups (broad SMARTS) is 1. The van der Waals surface area contributed by atoms with E-state index in [4.69, 9.17) is 21.4 Å². The maximum Gasteiger partial charge on any atom is 0.430 e. The fourth-order valence-corrected chi connectivity index (χ4v) is 2.78. The van der Waals surface area contributed by atoms with E-state index in [-0.39, 0.29) is 11.3 Å². The van der Waals surface area contributed by atoms with Crippen molar-refractivity contribution in [1.82, 2.24) is 9.55 Å². The zero-order valence-corrected chi connectivity index (χ0v) is 13.6. The van der Waals surface area contributed by atoms with Gasteiger partial charge in [-0.2, -0.15) is 13.2 Å². The average Bonchev–Trinajstić information content (AvgIpc) is 2.91. The molecule has 1 atom stereocenters. The predicted molar refractivity (Wildman–Crippen MR) is 83.6 cm³/mol. The van der Waals surface area contributed by atoms with E-state index in [0.29, 0.717) is 17.1 Å². The molecule has 0 amide bonds. The van der Waals surface area contributed by atoms with Gasteiger partial charge in [-0.15, -0.1) is 0 Å². The molecule has 3 rings (SSSR count). The number of benzene rings is 1. The Hall–Kier alpha value is -2.48. The van der Waals surface area contributed by atoms with E-state index >= 15 is 0 Å². The minimum absolute atomic E-state index is 0.0653. The number of aromatic nitrogens is 2. The average molecular weight is 373 g/mol. The van der Waals surface area contributed by atoms with Crippen LogP contribution in [-0.4, -0.2) is 32.9 Å². The topological polar surface area (TPSA) is 64.4 Å². The molecule has 0 saturated heterocycles. The van der Waals surface area contributed by atoms with Gasteiger partial charge in [-0.25, -0.2) is 9.78 Å². The van der Waals surface area contributed by atoms with E-state index in [1.165, 1.54) is 12.1 Å². The summed E-state index contributed by atoms with van der Waals surface area (Å²) in [6.07, 6.45) is -3.12. The Labute approximate surface area is 145 Å². The molecule has 0 spiro atoms. The minimum atomic E-state index is -4.84. The van der Waals surface area contributed by atoms with E-state index in [0.717, 1.165) is 11.9 Å². The van der Waals surface area contributed by atoms with Crippen molar-refractivity contribution >= 4 is 23.6 Å². The quantitative estimate of drug-likeness (QED) is 0.892. The molecule has 0 saturated carbocycles. The van der Waals surface area contributed by atoms with Gasteiger partial charge in [0.1, 0.15) is 11.6 Å². The van der Waals surface area contributed by atoms with Crippen molar-refractivity contribution in [3.05, 3.63) is 52.1 Å². The number of carboxylic acids is 1. The number of aliphatic carboxylic acids is 1. The number of fused-ring (bicyclic) bond motifs is 1. The summed E-state index contributed by atoms with van der Waals surface area (Å²) in [6, 6.07) is 2.79. The Morgan fingerprint density at radius 2 is 2.16 bits per heavy atom. The van der Waals surface area contributed by atoms with E-state index in [1.807, 2.05) is 0 Å². The van der Waals surface area contributed by atoms with Crippen molar-refractivity contribution in [2.75, 3.05) is 0 Å². The van der Waals surface area contributed by atoms with Gasteiger partial charge in [-0.1, -0.05) is 11.6 Å². The van der Waals surface area contributed by atoms with E-state index in [1.54, 1.807) is 23.9 Å². The summed E-state index contributed by atoms with van der Waals surface area (Å²) in [6.45, 7) is 2.08. The number of alkyl halides is 3. The van der Waals surface area contributed by atoms with Crippen LogP contribution in [-0.2, 0) is 11.3 Å². The number of aryl methyl sites for hydroxylation is 1. The largest absolute Gasteiger partial charge is 0.478 e. The Kier molecular flexibility index (Phi) is 4.24. The van der Waals surface area contributed by atoms with Crippen molar-refractivity contribution in [2.45, 2.75) is 25.7 Å². The highest BCUT2D eigenvalue weighted by molar-refractivity contribution is 6.31. The molecule has 9 heteroatoms. The Morgan fingerprint density at radius 1 is 1.44 bits per heavy atom. The van der Waals surface area contributed by atoms with Crippen LogP contribution in [0, 0.1) is 6.92 Å².